The smallest absolute Gasteiger partial charge is 0.289 e. The molecule has 2 aromatic rings. The Hall–Kier alpha value is -2.12. The van der Waals surface area contributed by atoms with Gasteiger partial charge in [0.05, 0.1) is 19.0 Å². The largest absolute Gasteiger partial charge is 0.455 e. The van der Waals surface area contributed by atoms with Crippen molar-refractivity contribution >= 4 is 15.7 Å². The third-order valence-corrected chi connectivity index (χ3v) is 5.54. The van der Waals surface area contributed by atoms with Gasteiger partial charge in [-0.3, -0.25) is 4.79 Å². The van der Waals surface area contributed by atoms with E-state index in [1.165, 1.54) is 6.07 Å². The number of rotatable bonds is 5. The van der Waals surface area contributed by atoms with Gasteiger partial charge >= 0.3 is 0 Å². The molecule has 0 atom stereocenters. The van der Waals surface area contributed by atoms with E-state index in [2.05, 4.69) is 0 Å². The standard InChI is InChI=1S/C18H21NO5S/c1-14-2-4-15(5-3-14)12-25(21,22)13-16-6-7-17(24-16)18(20)19-8-10-23-11-9-19/h2-7H,8-13H2,1H3. The van der Waals surface area contributed by atoms with Crippen LogP contribution in [0.1, 0.15) is 27.4 Å². The average molecular weight is 363 g/mol. The van der Waals surface area contributed by atoms with Crippen LogP contribution in [0.4, 0.5) is 0 Å². The maximum atomic E-state index is 12.4. The van der Waals surface area contributed by atoms with Crippen molar-refractivity contribution in [3.05, 3.63) is 59.0 Å². The lowest BCUT2D eigenvalue weighted by Gasteiger charge is -2.25. The molecule has 0 bridgehead atoms. The fourth-order valence-electron chi connectivity index (χ4n) is 2.70. The molecule has 1 aromatic heterocycles. The molecular weight excluding hydrogens is 342 g/mol. The number of aryl methyl sites for hydroxylation is 1. The lowest BCUT2D eigenvalue weighted by Crippen LogP contribution is -2.40. The maximum Gasteiger partial charge on any atom is 0.289 e. The van der Waals surface area contributed by atoms with Crippen LogP contribution < -0.4 is 0 Å². The summed E-state index contributed by atoms with van der Waals surface area (Å²) in [6.45, 7) is 3.99. The highest BCUT2D eigenvalue weighted by Gasteiger charge is 2.23. The van der Waals surface area contributed by atoms with E-state index in [-0.39, 0.29) is 28.9 Å². The second-order valence-corrected chi connectivity index (χ2v) is 8.25. The summed E-state index contributed by atoms with van der Waals surface area (Å²) in [5, 5.41) is 0. The van der Waals surface area contributed by atoms with Gasteiger partial charge in [0.2, 0.25) is 0 Å². The van der Waals surface area contributed by atoms with Crippen LogP contribution in [-0.4, -0.2) is 45.5 Å². The Kier molecular flexibility index (Phi) is 5.24. The second kappa shape index (κ2) is 7.41. The zero-order valence-corrected chi connectivity index (χ0v) is 14.9. The molecule has 1 saturated heterocycles. The Morgan fingerprint density at radius 3 is 2.40 bits per heavy atom. The number of benzene rings is 1. The van der Waals surface area contributed by atoms with Gasteiger partial charge in [-0.15, -0.1) is 0 Å². The minimum atomic E-state index is -3.38. The summed E-state index contributed by atoms with van der Waals surface area (Å²) in [6.07, 6.45) is 0. The van der Waals surface area contributed by atoms with E-state index in [9.17, 15) is 13.2 Å². The van der Waals surface area contributed by atoms with Crippen molar-refractivity contribution in [2.45, 2.75) is 18.4 Å². The van der Waals surface area contributed by atoms with Crippen molar-refractivity contribution in [1.29, 1.82) is 0 Å². The molecule has 0 N–H and O–H groups in total. The molecular formula is C18H21NO5S. The summed E-state index contributed by atoms with van der Waals surface area (Å²) in [6, 6.07) is 10.5. The first-order valence-electron chi connectivity index (χ1n) is 8.15. The van der Waals surface area contributed by atoms with E-state index in [0.717, 1.165) is 11.1 Å². The van der Waals surface area contributed by atoms with Crippen LogP contribution in [-0.2, 0) is 26.1 Å². The number of amides is 1. The van der Waals surface area contributed by atoms with Crippen LogP contribution in [0.3, 0.4) is 0 Å². The second-order valence-electron chi connectivity index (χ2n) is 6.19. The predicted molar refractivity (Wildman–Crippen MR) is 92.9 cm³/mol. The molecule has 3 rings (SSSR count). The Morgan fingerprint density at radius 1 is 1.04 bits per heavy atom. The zero-order valence-electron chi connectivity index (χ0n) is 14.1. The van der Waals surface area contributed by atoms with Crippen molar-refractivity contribution in [3.8, 4) is 0 Å². The fraction of sp³-hybridized carbons (Fsp3) is 0.389. The Labute approximate surface area is 147 Å². The molecule has 1 amide bonds. The minimum absolute atomic E-state index is 0.0548. The SMILES string of the molecule is Cc1ccc(CS(=O)(=O)Cc2ccc(C(=O)N3CCOCC3)o2)cc1. The molecule has 134 valence electrons. The van der Waals surface area contributed by atoms with Crippen molar-refractivity contribution < 1.29 is 22.4 Å². The van der Waals surface area contributed by atoms with E-state index in [4.69, 9.17) is 9.15 Å². The molecule has 1 fully saturated rings. The third kappa shape index (κ3) is 4.70. The number of nitrogens with zero attached hydrogens (tertiary/aromatic N) is 1. The van der Waals surface area contributed by atoms with E-state index < -0.39 is 9.84 Å². The molecule has 0 saturated carbocycles. The van der Waals surface area contributed by atoms with Gasteiger partial charge in [0.1, 0.15) is 11.5 Å². The summed E-state index contributed by atoms with van der Waals surface area (Å²) in [4.78, 5) is 14.0. The fourth-order valence-corrected chi connectivity index (χ4v) is 4.09. The molecule has 0 spiro atoms. The summed E-state index contributed by atoms with van der Waals surface area (Å²) in [7, 11) is -3.38. The van der Waals surface area contributed by atoms with Gasteiger partial charge in [-0.05, 0) is 24.6 Å². The highest BCUT2D eigenvalue weighted by Crippen LogP contribution is 2.17. The van der Waals surface area contributed by atoms with Gasteiger partial charge in [0.25, 0.3) is 5.91 Å². The number of sulfone groups is 1. The lowest BCUT2D eigenvalue weighted by atomic mass is 10.2. The number of hydrogen-bond acceptors (Lipinski definition) is 5. The highest BCUT2D eigenvalue weighted by molar-refractivity contribution is 7.89. The molecule has 0 aliphatic carbocycles. The summed E-state index contributed by atoms with van der Waals surface area (Å²) < 4.78 is 35.4. The average Bonchev–Trinajstić information content (AvgIpc) is 3.04. The van der Waals surface area contributed by atoms with Gasteiger partial charge < -0.3 is 14.1 Å². The van der Waals surface area contributed by atoms with E-state index in [1.807, 2.05) is 31.2 Å². The predicted octanol–water partition coefficient (Wildman–Crippen LogP) is 2.18. The summed E-state index contributed by atoms with van der Waals surface area (Å²) in [5.41, 5.74) is 1.82. The van der Waals surface area contributed by atoms with Gasteiger partial charge in [0.15, 0.2) is 15.6 Å². The van der Waals surface area contributed by atoms with Crippen molar-refractivity contribution in [2.24, 2.45) is 0 Å². The molecule has 1 aliphatic heterocycles. The number of carbonyl (C=O) groups is 1. The normalized spacial score (nSPS) is 15.3. The topological polar surface area (TPSA) is 76.8 Å². The van der Waals surface area contributed by atoms with Gasteiger partial charge in [-0.25, -0.2) is 8.42 Å². The van der Waals surface area contributed by atoms with Gasteiger partial charge in [-0.2, -0.15) is 0 Å². The zero-order chi connectivity index (χ0) is 17.9. The van der Waals surface area contributed by atoms with E-state index >= 15 is 0 Å². The molecule has 0 radical (unpaired) electrons. The first-order valence-corrected chi connectivity index (χ1v) is 9.97. The minimum Gasteiger partial charge on any atom is -0.455 e. The molecule has 1 aromatic carbocycles. The van der Waals surface area contributed by atoms with Crippen LogP contribution in [0.25, 0.3) is 0 Å². The summed E-state index contributed by atoms with van der Waals surface area (Å²) >= 11 is 0. The van der Waals surface area contributed by atoms with Crippen molar-refractivity contribution in [2.75, 3.05) is 26.3 Å². The van der Waals surface area contributed by atoms with Crippen LogP contribution in [0.2, 0.25) is 0 Å². The van der Waals surface area contributed by atoms with Crippen molar-refractivity contribution in [1.82, 2.24) is 4.90 Å². The Bertz CT molecular complexity index is 833. The van der Waals surface area contributed by atoms with Crippen LogP contribution in [0, 0.1) is 6.92 Å². The number of hydrogen-bond donors (Lipinski definition) is 0. The maximum absolute atomic E-state index is 12.4. The first-order chi connectivity index (χ1) is 11.9. The molecule has 25 heavy (non-hydrogen) atoms. The van der Waals surface area contributed by atoms with Crippen LogP contribution >= 0.6 is 0 Å². The molecule has 2 heterocycles. The summed E-state index contributed by atoms with van der Waals surface area (Å²) in [5.74, 6) is -0.0607. The monoisotopic (exact) mass is 363 g/mol. The van der Waals surface area contributed by atoms with Gasteiger partial charge in [0, 0.05) is 13.1 Å². The van der Waals surface area contributed by atoms with Crippen molar-refractivity contribution in [3.63, 3.8) is 0 Å². The van der Waals surface area contributed by atoms with Crippen LogP contribution in [0.5, 0.6) is 0 Å². The number of furan rings is 1. The van der Waals surface area contributed by atoms with Crippen LogP contribution in [0.15, 0.2) is 40.8 Å². The molecule has 0 unspecified atom stereocenters. The number of carbonyl (C=O) groups excluding carboxylic acids is 1. The number of morpholine rings is 1. The molecule has 6 nitrogen and oxygen atoms in total. The molecule has 1 aliphatic rings. The van der Waals surface area contributed by atoms with E-state index in [0.29, 0.717) is 26.3 Å². The van der Waals surface area contributed by atoms with E-state index in [1.54, 1.807) is 11.0 Å². The third-order valence-electron chi connectivity index (χ3n) is 4.04. The lowest BCUT2D eigenvalue weighted by molar-refractivity contribution is 0.0282. The molecule has 7 heteroatoms. The van der Waals surface area contributed by atoms with Gasteiger partial charge in [-0.1, -0.05) is 29.8 Å². The Morgan fingerprint density at radius 2 is 1.72 bits per heavy atom. The highest BCUT2D eigenvalue weighted by atomic mass is 32.2. The number of ether oxygens (including phenoxy) is 1. The quantitative estimate of drug-likeness (QED) is 0.814. The Balaban J connectivity index is 1.65. The first kappa shape index (κ1) is 17.7.